The maximum atomic E-state index is 5.58. The summed E-state index contributed by atoms with van der Waals surface area (Å²) in [4.78, 5) is 7.46. The van der Waals surface area contributed by atoms with Crippen LogP contribution in [0.15, 0.2) is 69.5 Å². The molecule has 0 saturated carbocycles. The third-order valence-electron chi connectivity index (χ3n) is 2.58. The maximum absolute atomic E-state index is 5.58. The van der Waals surface area contributed by atoms with Gasteiger partial charge in [-0.25, -0.2) is 0 Å². The second-order valence-electron chi connectivity index (χ2n) is 4.26. The zero-order chi connectivity index (χ0) is 14.8. The van der Waals surface area contributed by atoms with Crippen LogP contribution in [0, 0.1) is 0 Å². The molecule has 0 spiro atoms. The maximum Gasteiger partial charge on any atom is 0.151 e. The van der Waals surface area contributed by atoms with Crippen molar-refractivity contribution in [3.8, 4) is 5.75 Å². The molecule has 21 heavy (non-hydrogen) atoms. The molecule has 0 aliphatic rings. The van der Waals surface area contributed by atoms with E-state index < -0.39 is 0 Å². The molecule has 0 heterocycles. The third kappa shape index (κ3) is 5.92. The second-order valence-corrected chi connectivity index (χ2v) is 5.41. The Morgan fingerprint density at radius 1 is 0.952 bits per heavy atom. The summed E-state index contributed by atoms with van der Waals surface area (Å²) in [6.07, 6.45) is 2.61. The van der Waals surface area contributed by atoms with E-state index in [4.69, 9.17) is 9.57 Å². The molecule has 0 bridgehead atoms. The lowest BCUT2D eigenvalue weighted by molar-refractivity contribution is 0.108. The first kappa shape index (κ1) is 15.4. The van der Waals surface area contributed by atoms with Crippen molar-refractivity contribution in [1.82, 2.24) is 0 Å². The summed E-state index contributed by atoms with van der Waals surface area (Å²) in [5, 5.41) is 3.77. The molecule has 0 radical (unpaired) electrons. The number of hydrogen-bond acceptors (Lipinski definition) is 4. The Kier molecular flexibility index (Phi) is 6.68. The predicted octanol–water partition coefficient (Wildman–Crippen LogP) is 4.63. The lowest BCUT2D eigenvalue weighted by Gasteiger charge is -2.06. The quantitative estimate of drug-likeness (QED) is 0.404. The molecule has 0 N–H and O–H groups in total. The molecule has 0 aromatic heterocycles. The molecule has 0 aliphatic carbocycles. The van der Waals surface area contributed by atoms with E-state index in [9.17, 15) is 0 Å². The van der Waals surface area contributed by atoms with Gasteiger partial charge in [-0.1, -0.05) is 42.0 Å². The van der Waals surface area contributed by atoms with E-state index in [0.29, 0.717) is 13.2 Å². The van der Waals surface area contributed by atoms with Crippen LogP contribution in [0.5, 0.6) is 5.75 Å². The molecule has 3 nitrogen and oxygen atoms in total. The standard InChI is InChI=1S/C17H19NO2S/c1-2-12-18-20-14-13-19-15-8-10-17(11-9-15)21-16-6-4-3-5-7-16/h3-12H,2,13-14H2,1H3/b18-12+. The summed E-state index contributed by atoms with van der Waals surface area (Å²) in [6.45, 7) is 2.96. The smallest absolute Gasteiger partial charge is 0.151 e. The molecular weight excluding hydrogens is 282 g/mol. The lowest BCUT2D eigenvalue weighted by Crippen LogP contribution is -2.03. The highest BCUT2D eigenvalue weighted by Gasteiger charge is 1.98. The summed E-state index contributed by atoms with van der Waals surface area (Å²) < 4.78 is 5.58. The lowest BCUT2D eigenvalue weighted by atomic mass is 10.3. The van der Waals surface area contributed by atoms with E-state index >= 15 is 0 Å². The zero-order valence-corrected chi connectivity index (χ0v) is 12.9. The Bertz CT molecular complexity index is 540. The van der Waals surface area contributed by atoms with E-state index in [1.807, 2.05) is 37.3 Å². The molecule has 0 saturated heterocycles. The molecule has 0 amide bonds. The number of oxime groups is 1. The SMILES string of the molecule is CC/C=N/OCCOc1ccc(Sc2ccccc2)cc1. The van der Waals surface area contributed by atoms with Gasteiger partial charge in [-0.15, -0.1) is 0 Å². The Balaban J connectivity index is 1.75. The van der Waals surface area contributed by atoms with E-state index in [1.165, 1.54) is 9.79 Å². The minimum absolute atomic E-state index is 0.455. The molecule has 2 aromatic carbocycles. The number of nitrogens with zero attached hydrogens (tertiary/aromatic N) is 1. The Hall–Kier alpha value is -1.94. The van der Waals surface area contributed by atoms with Gasteiger partial charge in [-0.05, 0) is 42.8 Å². The number of hydrogen-bond donors (Lipinski definition) is 0. The van der Waals surface area contributed by atoms with E-state index in [1.54, 1.807) is 18.0 Å². The number of benzene rings is 2. The van der Waals surface area contributed by atoms with E-state index in [2.05, 4.69) is 29.4 Å². The van der Waals surface area contributed by atoms with Crippen LogP contribution in [-0.4, -0.2) is 19.4 Å². The normalized spacial score (nSPS) is 10.7. The zero-order valence-electron chi connectivity index (χ0n) is 12.1. The fraction of sp³-hybridized carbons (Fsp3) is 0.235. The van der Waals surface area contributed by atoms with Crippen molar-refractivity contribution in [3.05, 3.63) is 54.6 Å². The van der Waals surface area contributed by atoms with Crippen molar-refractivity contribution in [2.24, 2.45) is 5.16 Å². The van der Waals surface area contributed by atoms with Crippen molar-refractivity contribution in [2.75, 3.05) is 13.2 Å². The van der Waals surface area contributed by atoms with Gasteiger partial charge in [0.25, 0.3) is 0 Å². The van der Waals surface area contributed by atoms with Crippen LogP contribution in [0.3, 0.4) is 0 Å². The third-order valence-corrected chi connectivity index (χ3v) is 3.59. The topological polar surface area (TPSA) is 30.8 Å². The largest absolute Gasteiger partial charge is 0.490 e. The van der Waals surface area contributed by atoms with E-state index in [0.717, 1.165) is 12.2 Å². The van der Waals surface area contributed by atoms with Crippen LogP contribution in [0.2, 0.25) is 0 Å². The van der Waals surface area contributed by atoms with E-state index in [-0.39, 0.29) is 0 Å². The average Bonchev–Trinajstić information content (AvgIpc) is 2.53. The van der Waals surface area contributed by atoms with Crippen molar-refractivity contribution in [1.29, 1.82) is 0 Å². The summed E-state index contributed by atoms with van der Waals surface area (Å²) in [5.74, 6) is 0.843. The summed E-state index contributed by atoms with van der Waals surface area (Å²) >= 11 is 1.73. The molecule has 4 heteroatoms. The van der Waals surface area contributed by atoms with Gasteiger partial charge in [-0.2, -0.15) is 0 Å². The van der Waals surface area contributed by atoms with Gasteiger partial charge in [0.1, 0.15) is 12.4 Å². The monoisotopic (exact) mass is 301 g/mol. The van der Waals surface area contributed by atoms with Gasteiger partial charge in [-0.3, -0.25) is 0 Å². The van der Waals surface area contributed by atoms with Crippen LogP contribution in [0.1, 0.15) is 13.3 Å². The summed E-state index contributed by atoms with van der Waals surface area (Å²) in [6, 6.07) is 18.4. The molecular formula is C17H19NO2S. The Morgan fingerprint density at radius 2 is 1.67 bits per heavy atom. The van der Waals surface area contributed by atoms with Crippen molar-refractivity contribution in [3.63, 3.8) is 0 Å². The van der Waals surface area contributed by atoms with Gasteiger partial charge >= 0.3 is 0 Å². The van der Waals surface area contributed by atoms with Crippen LogP contribution >= 0.6 is 11.8 Å². The minimum atomic E-state index is 0.455. The second kappa shape index (κ2) is 9.08. The van der Waals surface area contributed by atoms with Crippen LogP contribution in [0.4, 0.5) is 0 Å². The van der Waals surface area contributed by atoms with Gasteiger partial charge in [0.2, 0.25) is 0 Å². The van der Waals surface area contributed by atoms with Crippen molar-refractivity contribution in [2.45, 2.75) is 23.1 Å². The Morgan fingerprint density at radius 3 is 2.38 bits per heavy atom. The van der Waals surface area contributed by atoms with Crippen LogP contribution in [0.25, 0.3) is 0 Å². The highest BCUT2D eigenvalue weighted by molar-refractivity contribution is 7.99. The number of rotatable bonds is 8. The Labute approximate surface area is 130 Å². The van der Waals surface area contributed by atoms with Crippen LogP contribution < -0.4 is 4.74 Å². The average molecular weight is 301 g/mol. The fourth-order valence-electron chi connectivity index (χ4n) is 1.61. The summed E-state index contributed by atoms with van der Waals surface area (Å²) in [5.41, 5.74) is 0. The fourth-order valence-corrected chi connectivity index (χ4v) is 2.44. The summed E-state index contributed by atoms with van der Waals surface area (Å²) in [7, 11) is 0. The van der Waals surface area contributed by atoms with Gasteiger partial charge in [0.15, 0.2) is 6.61 Å². The first-order valence-electron chi connectivity index (χ1n) is 6.98. The van der Waals surface area contributed by atoms with Gasteiger partial charge < -0.3 is 9.57 Å². The molecule has 2 rings (SSSR count). The minimum Gasteiger partial charge on any atom is -0.490 e. The first-order chi connectivity index (χ1) is 10.4. The molecule has 0 unspecified atom stereocenters. The molecule has 0 fully saturated rings. The van der Waals surface area contributed by atoms with Crippen molar-refractivity contribution >= 4 is 18.0 Å². The number of ether oxygens (including phenoxy) is 1. The van der Waals surface area contributed by atoms with Crippen molar-refractivity contribution < 1.29 is 9.57 Å². The molecule has 2 aromatic rings. The first-order valence-corrected chi connectivity index (χ1v) is 7.79. The molecule has 0 aliphatic heterocycles. The van der Waals surface area contributed by atoms with Gasteiger partial charge in [0, 0.05) is 16.0 Å². The molecule has 110 valence electrons. The molecule has 0 atom stereocenters. The highest BCUT2D eigenvalue weighted by atomic mass is 32.2. The highest BCUT2D eigenvalue weighted by Crippen LogP contribution is 2.28. The van der Waals surface area contributed by atoms with Crippen LogP contribution in [-0.2, 0) is 4.84 Å². The predicted molar refractivity (Wildman–Crippen MR) is 87.2 cm³/mol. The van der Waals surface area contributed by atoms with Gasteiger partial charge in [0.05, 0.1) is 0 Å².